The van der Waals surface area contributed by atoms with E-state index >= 15 is 0 Å². The van der Waals surface area contributed by atoms with Gasteiger partial charge in [0.2, 0.25) is 10.0 Å². The molecule has 1 saturated heterocycles. The number of aliphatic imine (C=N–C) groups is 1. The molecule has 10 heteroatoms. The normalized spacial score (nSPS) is 19.7. The van der Waals surface area contributed by atoms with Crippen molar-refractivity contribution in [3.63, 3.8) is 0 Å². The first-order valence-corrected chi connectivity index (χ1v) is 12.2. The zero-order valence-electron chi connectivity index (χ0n) is 18.7. The molecule has 1 rings (SSSR count). The van der Waals surface area contributed by atoms with Gasteiger partial charge in [-0.25, -0.2) is 17.5 Å². The third kappa shape index (κ3) is 10.7. The SMILES string of the molecule is CCCCC(CNC(=O)OC(C)(C)C)NC(=NC)NCC1CCN(S(C)(=O)=O)C1. The molecule has 0 aromatic heterocycles. The summed E-state index contributed by atoms with van der Waals surface area (Å²) < 4.78 is 30.1. The average Bonchev–Trinajstić information content (AvgIpc) is 3.08. The fourth-order valence-corrected chi connectivity index (χ4v) is 4.01. The molecule has 0 aliphatic carbocycles. The van der Waals surface area contributed by atoms with Crippen molar-refractivity contribution in [2.75, 3.05) is 39.5 Å². The number of hydrogen-bond donors (Lipinski definition) is 3. The first kappa shape index (κ1) is 25.5. The number of ether oxygens (including phenoxy) is 1. The fraction of sp³-hybridized carbons (Fsp3) is 0.895. The summed E-state index contributed by atoms with van der Waals surface area (Å²) in [5.41, 5.74) is -0.533. The third-order valence-electron chi connectivity index (χ3n) is 4.64. The molecule has 1 fully saturated rings. The Labute approximate surface area is 176 Å². The minimum Gasteiger partial charge on any atom is -0.444 e. The minimum absolute atomic E-state index is 0.0183. The highest BCUT2D eigenvalue weighted by Crippen LogP contribution is 2.17. The molecule has 1 aliphatic heterocycles. The van der Waals surface area contributed by atoms with Gasteiger partial charge in [-0.15, -0.1) is 0 Å². The Morgan fingerprint density at radius 1 is 1.31 bits per heavy atom. The molecule has 9 nitrogen and oxygen atoms in total. The van der Waals surface area contributed by atoms with Crippen LogP contribution in [-0.2, 0) is 14.8 Å². The van der Waals surface area contributed by atoms with Crippen LogP contribution in [-0.4, -0.2) is 75.9 Å². The summed E-state index contributed by atoms with van der Waals surface area (Å²) in [5.74, 6) is 0.896. The second kappa shape index (κ2) is 11.6. The predicted octanol–water partition coefficient (Wildman–Crippen LogP) is 1.52. The van der Waals surface area contributed by atoms with Crippen molar-refractivity contribution in [3.05, 3.63) is 0 Å². The summed E-state index contributed by atoms with van der Waals surface area (Å²) in [7, 11) is -1.43. The summed E-state index contributed by atoms with van der Waals surface area (Å²) in [4.78, 5) is 16.2. The summed E-state index contributed by atoms with van der Waals surface area (Å²) in [6.45, 7) is 9.79. The number of amides is 1. The van der Waals surface area contributed by atoms with Crippen LogP contribution in [0.25, 0.3) is 0 Å². The summed E-state index contributed by atoms with van der Waals surface area (Å²) >= 11 is 0. The van der Waals surface area contributed by atoms with Gasteiger partial charge in [0.25, 0.3) is 0 Å². The number of nitrogens with zero attached hydrogens (tertiary/aromatic N) is 2. The second-order valence-electron chi connectivity index (χ2n) is 8.60. The van der Waals surface area contributed by atoms with E-state index in [9.17, 15) is 13.2 Å². The van der Waals surface area contributed by atoms with E-state index in [-0.39, 0.29) is 12.0 Å². The Morgan fingerprint density at radius 3 is 2.52 bits per heavy atom. The molecule has 0 spiro atoms. The van der Waals surface area contributed by atoms with Crippen LogP contribution >= 0.6 is 0 Å². The van der Waals surface area contributed by atoms with Crippen molar-refractivity contribution < 1.29 is 17.9 Å². The van der Waals surface area contributed by atoms with E-state index in [2.05, 4.69) is 27.9 Å². The zero-order chi connectivity index (χ0) is 22.1. The van der Waals surface area contributed by atoms with E-state index in [0.717, 1.165) is 25.7 Å². The number of guanidine groups is 1. The van der Waals surface area contributed by atoms with Crippen LogP contribution in [0.4, 0.5) is 4.79 Å². The predicted molar refractivity (Wildman–Crippen MR) is 117 cm³/mol. The topological polar surface area (TPSA) is 112 Å². The molecule has 1 amide bonds. The minimum atomic E-state index is -3.13. The molecule has 3 N–H and O–H groups in total. The van der Waals surface area contributed by atoms with Crippen LogP contribution < -0.4 is 16.0 Å². The van der Waals surface area contributed by atoms with E-state index in [0.29, 0.717) is 32.1 Å². The van der Waals surface area contributed by atoms with Crippen LogP contribution in [0, 0.1) is 5.92 Å². The van der Waals surface area contributed by atoms with E-state index in [1.807, 2.05) is 20.8 Å². The summed E-state index contributed by atoms with van der Waals surface area (Å²) in [6.07, 6.45) is 4.61. The first-order chi connectivity index (χ1) is 13.4. The van der Waals surface area contributed by atoms with Crippen LogP contribution in [0.15, 0.2) is 4.99 Å². The van der Waals surface area contributed by atoms with Crippen molar-refractivity contribution in [3.8, 4) is 0 Å². The molecule has 1 aliphatic rings. The number of alkyl carbamates (subject to hydrolysis) is 1. The van der Waals surface area contributed by atoms with Gasteiger partial charge in [0.15, 0.2) is 5.96 Å². The quantitative estimate of drug-likeness (QED) is 0.375. The smallest absolute Gasteiger partial charge is 0.407 e. The van der Waals surface area contributed by atoms with E-state index < -0.39 is 21.7 Å². The molecule has 0 saturated carbocycles. The molecule has 1 heterocycles. The molecular weight excluding hydrogens is 394 g/mol. The van der Waals surface area contributed by atoms with Crippen molar-refractivity contribution in [1.29, 1.82) is 0 Å². The molecular formula is C19H39N5O4S. The average molecular weight is 434 g/mol. The van der Waals surface area contributed by atoms with Gasteiger partial charge in [-0.3, -0.25) is 4.99 Å². The largest absolute Gasteiger partial charge is 0.444 e. The molecule has 0 aromatic rings. The highest BCUT2D eigenvalue weighted by Gasteiger charge is 2.28. The monoisotopic (exact) mass is 433 g/mol. The van der Waals surface area contributed by atoms with Crippen LogP contribution in [0.1, 0.15) is 53.4 Å². The molecule has 0 bridgehead atoms. The van der Waals surface area contributed by atoms with E-state index in [4.69, 9.17) is 4.74 Å². The molecule has 2 atom stereocenters. The number of rotatable bonds is 9. The van der Waals surface area contributed by atoms with Gasteiger partial charge in [-0.2, -0.15) is 0 Å². The van der Waals surface area contributed by atoms with Gasteiger partial charge < -0.3 is 20.7 Å². The Morgan fingerprint density at radius 2 is 2.00 bits per heavy atom. The van der Waals surface area contributed by atoms with E-state index in [1.165, 1.54) is 10.6 Å². The molecule has 29 heavy (non-hydrogen) atoms. The lowest BCUT2D eigenvalue weighted by Crippen LogP contribution is -2.49. The van der Waals surface area contributed by atoms with Gasteiger partial charge in [0, 0.05) is 39.3 Å². The Kier molecular flexibility index (Phi) is 10.2. The van der Waals surface area contributed by atoms with Crippen LogP contribution in [0.5, 0.6) is 0 Å². The van der Waals surface area contributed by atoms with Gasteiger partial charge in [0.05, 0.1) is 6.26 Å². The maximum Gasteiger partial charge on any atom is 0.407 e. The number of unbranched alkanes of at least 4 members (excludes halogenated alkanes) is 1. The van der Waals surface area contributed by atoms with Crippen molar-refractivity contribution >= 4 is 22.1 Å². The van der Waals surface area contributed by atoms with Crippen LogP contribution in [0.3, 0.4) is 0 Å². The highest BCUT2D eigenvalue weighted by atomic mass is 32.2. The first-order valence-electron chi connectivity index (χ1n) is 10.3. The van der Waals surface area contributed by atoms with Crippen molar-refractivity contribution in [1.82, 2.24) is 20.3 Å². The number of nitrogens with one attached hydrogen (secondary N) is 3. The Bertz CT molecular complexity index is 645. The third-order valence-corrected chi connectivity index (χ3v) is 5.91. The lowest BCUT2D eigenvalue weighted by molar-refractivity contribution is 0.0522. The molecule has 0 aromatic carbocycles. The molecule has 2 unspecified atom stereocenters. The zero-order valence-corrected chi connectivity index (χ0v) is 19.6. The summed E-state index contributed by atoms with van der Waals surface area (Å²) in [5, 5.41) is 9.47. The number of carbonyl (C=O) groups is 1. The Balaban J connectivity index is 2.52. The van der Waals surface area contributed by atoms with Gasteiger partial charge in [0.1, 0.15) is 5.60 Å². The number of sulfonamides is 1. The molecule has 170 valence electrons. The Hall–Kier alpha value is -1.55. The van der Waals surface area contributed by atoms with Crippen molar-refractivity contribution in [2.24, 2.45) is 10.9 Å². The summed E-state index contributed by atoms with van der Waals surface area (Å²) in [6, 6.07) is 0.0183. The fourth-order valence-electron chi connectivity index (χ4n) is 3.09. The maximum absolute atomic E-state index is 11.9. The number of hydrogen-bond acceptors (Lipinski definition) is 5. The highest BCUT2D eigenvalue weighted by molar-refractivity contribution is 7.88. The second-order valence-corrected chi connectivity index (χ2v) is 10.6. The lowest BCUT2D eigenvalue weighted by Gasteiger charge is -2.24. The molecule has 0 radical (unpaired) electrons. The van der Waals surface area contributed by atoms with Gasteiger partial charge >= 0.3 is 6.09 Å². The van der Waals surface area contributed by atoms with Crippen molar-refractivity contribution in [2.45, 2.75) is 65.0 Å². The van der Waals surface area contributed by atoms with Crippen LogP contribution in [0.2, 0.25) is 0 Å². The van der Waals surface area contributed by atoms with Gasteiger partial charge in [-0.05, 0) is 39.5 Å². The lowest BCUT2D eigenvalue weighted by atomic mass is 10.1. The van der Waals surface area contributed by atoms with Gasteiger partial charge in [-0.1, -0.05) is 19.8 Å². The maximum atomic E-state index is 11.9. The standard InChI is InChI=1S/C19H39N5O4S/c1-7-8-9-16(13-22-18(25)28-19(2,3)4)23-17(20-5)21-12-15-10-11-24(14-15)29(6,26)27/h15-16H,7-14H2,1-6H3,(H,22,25)(H2,20,21,23). The van der Waals surface area contributed by atoms with E-state index in [1.54, 1.807) is 7.05 Å². The number of carbonyl (C=O) groups excluding carboxylic acids is 1.